The van der Waals surface area contributed by atoms with Gasteiger partial charge in [0.2, 0.25) is 5.95 Å². The number of methoxy groups -OCH3 is 1. The van der Waals surface area contributed by atoms with Crippen LogP contribution >= 0.6 is 0 Å². The van der Waals surface area contributed by atoms with Crippen molar-refractivity contribution in [1.29, 1.82) is 0 Å². The van der Waals surface area contributed by atoms with Crippen molar-refractivity contribution in [3.8, 4) is 17.1 Å². The van der Waals surface area contributed by atoms with E-state index in [9.17, 15) is 0 Å². The quantitative estimate of drug-likeness (QED) is 0.794. The molecule has 5 heteroatoms. The van der Waals surface area contributed by atoms with Crippen LogP contribution in [-0.2, 0) is 7.05 Å². The lowest BCUT2D eigenvalue weighted by Crippen LogP contribution is -1.95. The molecular formula is C10H12N4O. The summed E-state index contributed by atoms with van der Waals surface area (Å²) in [6, 6.07) is 7.61. The van der Waals surface area contributed by atoms with Crippen molar-refractivity contribution in [2.75, 3.05) is 12.8 Å². The number of nitrogen functional groups attached to an aromatic ring is 1. The minimum Gasteiger partial charge on any atom is -0.497 e. The monoisotopic (exact) mass is 204 g/mol. The molecule has 0 fully saturated rings. The fraction of sp³-hybridized carbons (Fsp3) is 0.200. The molecule has 2 N–H and O–H groups in total. The predicted octanol–water partition coefficient (Wildman–Crippen LogP) is 1.07. The number of hydrogen-bond donors (Lipinski definition) is 1. The van der Waals surface area contributed by atoms with E-state index in [4.69, 9.17) is 10.5 Å². The Bertz CT molecular complexity index is 478. The van der Waals surface area contributed by atoms with Gasteiger partial charge in [0.05, 0.1) is 7.11 Å². The van der Waals surface area contributed by atoms with Crippen molar-refractivity contribution in [3.63, 3.8) is 0 Å². The predicted molar refractivity (Wildman–Crippen MR) is 57.4 cm³/mol. The molecule has 15 heavy (non-hydrogen) atoms. The zero-order valence-electron chi connectivity index (χ0n) is 8.64. The minimum absolute atomic E-state index is 0.273. The van der Waals surface area contributed by atoms with Gasteiger partial charge in [-0.3, -0.25) is 0 Å². The molecule has 1 aromatic carbocycles. The van der Waals surface area contributed by atoms with Gasteiger partial charge in [-0.1, -0.05) is 12.1 Å². The maximum atomic E-state index is 5.51. The number of aryl methyl sites for hydroxylation is 1. The van der Waals surface area contributed by atoms with Gasteiger partial charge in [-0.05, 0) is 12.1 Å². The number of nitrogens with zero attached hydrogens (tertiary/aromatic N) is 3. The molecule has 0 spiro atoms. The minimum atomic E-state index is 0.273. The van der Waals surface area contributed by atoms with Crippen LogP contribution < -0.4 is 10.5 Å². The van der Waals surface area contributed by atoms with Gasteiger partial charge >= 0.3 is 0 Å². The van der Waals surface area contributed by atoms with Crippen LogP contribution in [0.1, 0.15) is 0 Å². The van der Waals surface area contributed by atoms with Crippen LogP contribution in [-0.4, -0.2) is 21.9 Å². The molecule has 78 valence electrons. The second-order valence-electron chi connectivity index (χ2n) is 3.15. The van der Waals surface area contributed by atoms with E-state index in [1.807, 2.05) is 24.3 Å². The number of nitrogens with two attached hydrogens (primary N) is 1. The molecule has 0 saturated carbocycles. The average Bonchev–Trinajstić information content (AvgIpc) is 2.58. The number of ether oxygens (including phenoxy) is 1. The summed E-state index contributed by atoms with van der Waals surface area (Å²) in [5, 5.41) is 3.99. The van der Waals surface area contributed by atoms with E-state index in [0.29, 0.717) is 0 Å². The maximum absolute atomic E-state index is 5.51. The molecule has 1 heterocycles. The normalized spacial score (nSPS) is 10.3. The molecule has 0 radical (unpaired) electrons. The Morgan fingerprint density at radius 2 is 2.20 bits per heavy atom. The first-order chi connectivity index (χ1) is 7.20. The first-order valence-corrected chi connectivity index (χ1v) is 4.51. The van der Waals surface area contributed by atoms with Crippen LogP contribution in [0, 0.1) is 0 Å². The first kappa shape index (κ1) is 9.51. The largest absolute Gasteiger partial charge is 0.497 e. The Balaban J connectivity index is 2.49. The van der Waals surface area contributed by atoms with Crippen molar-refractivity contribution < 1.29 is 4.74 Å². The summed E-state index contributed by atoms with van der Waals surface area (Å²) < 4.78 is 6.78. The van der Waals surface area contributed by atoms with Crippen LogP contribution in [0.5, 0.6) is 5.75 Å². The summed E-state index contributed by atoms with van der Waals surface area (Å²) in [7, 11) is 3.43. The highest BCUT2D eigenvalue weighted by Gasteiger charge is 2.07. The molecular weight excluding hydrogens is 192 g/mol. The third-order valence-corrected chi connectivity index (χ3v) is 2.11. The fourth-order valence-corrected chi connectivity index (χ4v) is 1.42. The molecule has 0 unspecified atom stereocenters. The number of hydrogen-bond acceptors (Lipinski definition) is 4. The molecule has 0 atom stereocenters. The van der Waals surface area contributed by atoms with Crippen molar-refractivity contribution in [3.05, 3.63) is 24.3 Å². The fourth-order valence-electron chi connectivity index (χ4n) is 1.42. The van der Waals surface area contributed by atoms with E-state index in [1.54, 1.807) is 18.8 Å². The lowest BCUT2D eigenvalue weighted by molar-refractivity contribution is 0.415. The summed E-state index contributed by atoms with van der Waals surface area (Å²) >= 11 is 0. The Morgan fingerprint density at radius 1 is 1.40 bits per heavy atom. The van der Waals surface area contributed by atoms with Gasteiger partial charge in [0.25, 0.3) is 0 Å². The molecule has 2 aromatic rings. The first-order valence-electron chi connectivity index (χ1n) is 4.51. The smallest absolute Gasteiger partial charge is 0.240 e. The highest BCUT2D eigenvalue weighted by Crippen LogP contribution is 2.21. The lowest BCUT2D eigenvalue weighted by atomic mass is 10.2. The van der Waals surface area contributed by atoms with Gasteiger partial charge in [-0.15, -0.1) is 5.10 Å². The Kier molecular flexibility index (Phi) is 2.29. The number of rotatable bonds is 2. The molecule has 0 aliphatic rings. The van der Waals surface area contributed by atoms with Crippen molar-refractivity contribution in [1.82, 2.24) is 14.8 Å². The standard InChI is InChI=1S/C10H12N4O/c1-14-9(12-10(11)13-14)7-4-3-5-8(6-7)15-2/h3-6H,1-2H3,(H2,11,13). The molecule has 0 amide bonds. The van der Waals surface area contributed by atoms with Gasteiger partial charge < -0.3 is 10.5 Å². The van der Waals surface area contributed by atoms with Gasteiger partial charge in [0.15, 0.2) is 5.82 Å². The van der Waals surface area contributed by atoms with Crippen molar-refractivity contribution >= 4 is 5.95 Å². The summed E-state index contributed by atoms with van der Waals surface area (Å²) in [6.45, 7) is 0. The average molecular weight is 204 g/mol. The van der Waals surface area contributed by atoms with Gasteiger partial charge in [0.1, 0.15) is 5.75 Å². The van der Waals surface area contributed by atoms with E-state index in [-0.39, 0.29) is 5.95 Å². The van der Waals surface area contributed by atoms with Gasteiger partial charge in [-0.2, -0.15) is 4.98 Å². The van der Waals surface area contributed by atoms with E-state index < -0.39 is 0 Å². The highest BCUT2D eigenvalue weighted by atomic mass is 16.5. The van der Waals surface area contributed by atoms with E-state index in [2.05, 4.69) is 10.1 Å². The van der Waals surface area contributed by atoms with Crippen molar-refractivity contribution in [2.24, 2.45) is 7.05 Å². The Morgan fingerprint density at radius 3 is 2.80 bits per heavy atom. The van der Waals surface area contributed by atoms with Gasteiger partial charge in [-0.25, -0.2) is 4.68 Å². The molecule has 5 nitrogen and oxygen atoms in total. The van der Waals surface area contributed by atoms with Crippen LogP contribution in [0.25, 0.3) is 11.4 Å². The molecule has 0 aliphatic heterocycles. The molecule has 2 rings (SSSR count). The lowest BCUT2D eigenvalue weighted by Gasteiger charge is -2.02. The highest BCUT2D eigenvalue weighted by molar-refractivity contribution is 5.58. The van der Waals surface area contributed by atoms with E-state index >= 15 is 0 Å². The zero-order valence-corrected chi connectivity index (χ0v) is 8.64. The topological polar surface area (TPSA) is 66.0 Å². The third kappa shape index (κ3) is 1.76. The number of anilines is 1. The molecule has 0 saturated heterocycles. The summed E-state index contributed by atoms with van der Waals surface area (Å²) in [5.41, 5.74) is 6.44. The third-order valence-electron chi connectivity index (χ3n) is 2.11. The second-order valence-corrected chi connectivity index (χ2v) is 3.15. The Labute approximate surface area is 87.5 Å². The zero-order chi connectivity index (χ0) is 10.8. The molecule has 0 bridgehead atoms. The van der Waals surface area contributed by atoms with Gasteiger partial charge in [0, 0.05) is 12.6 Å². The molecule has 0 aliphatic carbocycles. The maximum Gasteiger partial charge on any atom is 0.240 e. The van der Waals surface area contributed by atoms with Crippen LogP contribution in [0.15, 0.2) is 24.3 Å². The molecule has 1 aromatic heterocycles. The number of benzene rings is 1. The summed E-state index contributed by atoms with van der Waals surface area (Å²) in [5.74, 6) is 1.79. The second kappa shape index (κ2) is 3.61. The van der Waals surface area contributed by atoms with Crippen LogP contribution in [0.2, 0.25) is 0 Å². The van der Waals surface area contributed by atoms with Crippen molar-refractivity contribution in [2.45, 2.75) is 0 Å². The summed E-state index contributed by atoms with van der Waals surface area (Å²) in [4.78, 5) is 4.13. The van der Waals surface area contributed by atoms with Crippen LogP contribution in [0.3, 0.4) is 0 Å². The van der Waals surface area contributed by atoms with Crippen LogP contribution in [0.4, 0.5) is 5.95 Å². The van der Waals surface area contributed by atoms with E-state index in [1.165, 1.54) is 0 Å². The van der Waals surface area contributed by atoms with E-state index in [0.717, 1.165) is 17.1 Å². The number of aromatic nitrogens is 3. The Hall–Kier alpha value is -2.04. The summed E-state index contributed by atoms with van der Waals surface area (Å²) in [6.07, 6.45) is 0. The SMILES string of the molecule is COc1cccc(-c2nc(N)nn2C)c1.